The molecule has 5 heteroatoms. The molecule has 1 aliphatic carbocycles. The molecule has 0 bridgehead atoms. The molecule has 1 aliphatic rings. The number of carbonyl (C=O) groups is 1. The first kappa shape index (κ1) is 17.2. The molecule has 0 saturated heterocycles. The minimum atomic E-state index is 0.213. The average Bonchev–Trinajstić information content (AvgIpc) is 2.99. The van der Waals surface area contributed by atoms with Gasteiger partial charge in [0.2, 0.25) is 5.88 Å². The van der Waals surface area contributed by atoms with Gasteiger partial charge in [0.15, 0.2) is 0 Å². The molecule has 1 atom stereocenters. The number of thiophene rings is 1. The number of nitrogens with zero attached hydrogens (tertiary/aromatic N) is 2. The van der Waals surface area contributed by atoms with E-state index in [0.717, 1.165) is 46.7 Å². The first-order valence-electron chi connectivity index (χ1n) is 9.11. The Kier molecular flexibility index (Phi) is 4.72. The molecule has 0 unspecified atom stereocenters. The van der Waals surface area contributed by atoms with Crippen LogP contribution >= 0.6 is 11.3 Å². The fraction of sp³-hybridized carbons (Fsp3) is 0.381. The molecule has 3 aromatic rings. The second kappa shape index (κ2) is 7.16. The fourth-order valence-corrected chi connectivity index (χ4v) is 4.82. The quantitative estimate of drug-likeness (QED) is 0.628. The summed E-state index contributed by atoms with van der Waals surface area (Å²) in [5.41, 5.74) is 2.51. The van der Waals surface area contributed by atoms with Crippen LogP contribution in [0.15, 0.2) is 30.6 Å². The Bertz CT molecular complexity index is 947. The van der Waals surface area contributed by atoms with Crippen molar-refractivity contribution in [2.24, 2.45) is 5.92 Å². The van der Waals surface area contributed by atoms with Crippen molar-refractivity contribution in [3.05, 3.63) is 46.6 Å². The molecule has 4 nitrogen and oxygen atoms in total. The molecule has 0 N–H and O–H groups in total. The van der Waals surface area contributed by atoms with E-state index in [0.29, 0.717) is 12.3 Å². The molecule has 0 amide bonds. The monoisotopic (exact) mass is 366 g/mol. The van der Waals surface area contributed by atoms with Crippen molar-refractivity contribution < 1.29 is 9.53 Å². The molecule has 0 fully saturated rings. The van der Waals surface area contributed by atoms with Gasteiger partial charge in [0.25, 0.3) is 0 Å². The van der Waals surface area contributed by atoms with E-state index in [4.69, 9.17) is 4.74 Å². The van der Waals surface area contributed by atoms with Crippen LogP contribution in [-0.2, 0) is 24.1 Å². The molecule has 0 spiro atoms. The molecular weight excluding hydrogens is 344 g/mol. The third-order valence-electron chi connectivity index (χ3n) is 4.96. The van der Waals surface area contributed by atoms with E-state index in [1.54, 1.807) is 24.6 Å². The number of hydrogen-bond acceptors (Lipinski definition) is 5. The maximum Gasteiger partial charge on any atom is 0.231 e. The van der Waals surface area contributed by atoms with E-state index in [9.17, 15) is 4.79 Å². The molecule has 26 heavy (non-hydrogen) atoms. The Labute approximate surface area is 157 Å². The molecule has 0 saturated carbocycles. The van der Waals surface area contributed by atoms with Crippen molar-refractivity contribution in [2.75, 3.05) is 0 Å². The standard InChI is InChI=1S/C21H22N2O2S/c1-13-3-10-17-18(11-13)26-21-19(17)20(22-12-23-21)25-16-8-6-15(7-9-16)5-4-14(2)24/h6-9,12-13H,3-5,10-11H2,1-2H3/t13-/m0/s1. The summed E-state index contributed by atoms with van der Waals surface area (Å²) in [6, 6.07) is 7.93. The highest BCUT2D eigenvalue weighted by Gasteiger charge is 2.23. The molecule has 2 aromatic heterocycles. The molecule has 0 radical (unpaired) electrons. The highest BCUT2D eigenvalue weighted by atomic mass is 32.1. The zero-order chi connectivity index (χ0) is 18.1. The number of aromatic nitrogens is 2. The van der Waals surface area contributed by atoms with Crippen LogP contribution in [0.3, 0.4) is 0 Å². The predicted molar refractivity (Wildman–Crippen MR) is 104 cm³/mol. The summed E-state index contributed by atoms with van der Waals surface area (Å²) in [7, 11) is 0. The Morgan fingerprint density at radius 1 is 1.27 bits per heavy atom. The first-order valence-corrected chi connectivity index (χ1v) is 9.93. The van der Waals surface area contributed by atoms with Crippen molar-refractivity contribution in [2.45, 2.75) is 46.0 Å². The number of carbonyl (C=O) groups excluding carboxylic acids is 1. The molecule has 0 aliphatic heterocycles. The van der Waals surface area contributed by atoms with Gasteiger partial charge in [0.05, 0.1) is 5.39 Å². The lowest BCUT2D eigenvalue weighted by Crippen LogP contribution is -2.08. The number of hydrogen-bond donors (Lipinski definition) is 0. The van der Waals surface area contributed by atoms with Crippen LogP contribution in [0.4, 0.5) is 0 Å². The Hall–Kier alpha value is -2.27. The zero-order valence-electron chi connectivity index (χ0n) is 15.1. The number of benzene rings is 1. The largest absolute Gasteiger partial charge is 0.438 e. The summed E-state index contributed by atoms with van der Waals surface area (Å²) in [6.45, 7) is 3.93. The van der Waals surface area contributed by atoms with E-state index >= 15 is 0 Å². The zero-order valence-corrected chi connectivity index (χ0v) is 15.9. The number of ether oxygens (including phenoxy) is 1. The number of rotatable bonds is 5. The topological polar surface area (TPSA) is 52.1 Å². The van der Waals surface area contributed by atoms with E-state index in [1.165, 1.54) is 16.9 Å². The third-order valence-corrected chi connectivity index (χ3v) is 6.12. The van der Waals surface area contributed by atoms with Crippen LogP contribution < -0.4 is 4.74 Å². The van der Waals surface area contributed by atoms with Gasteiger partial charge in [-0.2, -0.15) is 0 Å². The maximum atomic E-state index is 11.1. The van der Waals surface area contributed by atoms with Crippen molar-refractivity contribution in [1.29, 1.82) is 0 Å². The van der Waals surface area contributed by atoms with Crippen LogP contribution in [-0.4, -0.2) is 15.8 Å². The van der Waals surface area contributed by atoms with Gasteiger partial charge in [0.1, 0.15) is 22.7 Å². The smallest absolute Gasteiger partial charge is 0.231 e. The highest BCUT2D eigenvalue weighted by molar-refractivity contribution is 7.18. The second-order valence-electron chi connectivity index (χ2n) is 7.16. The number of ketones is 1. The van der Waals surface area contributed by atoms with Gasteiger partial charge in [-0.25, -0.2) is 9.97 Å². The van der Waals surface area contributed by atoms with Gasteiger partial charge in [-0.1, -0.05) is 19.1 Å². The van der Waals surface area contributed by atoms with E-state index in [1.807, 2.05) is 24.3 Å². The van der Waals surface area contributed by atoms with Gasteiger partial charge in [-0.05, 0) is 61.8 Å². The molecule has 134 valence electrons. The van der Waals surface area contributed by atoms with Gasteiger partial charge in [-0.3, -0.25) is 0 Å². The van der Waals surface area contributed by atoms with Crippen molar-refractivity contribution in [3.8, 4) is 11.6 Å². The SMILES string of the molecule is CC(=O)CCc1ccc(Oc2ncnc3sc4c(c23)CC[C@H](C)C4)cc1. The molecule has 4 rings (SSSR count). The van der Waals surface area contributed by atoms with Crippen molar-refractivity contribution >= 4 is 27.3 Å². The third kappa shape index (κ3) is 3.49. The lowest BCUT2D eigenvalue weighted by atomic mass is 9.89. The molecule has 1 aromatic carbocycles. The van der Waals surface area contributed by atoms with Gasteiger partial charge >= 0.3 is 0 Å². The first-order chi connectivity index (χ1) is 12.6. The van der Waals surface area contributed by atoms with Gasteiger partial charge < -0.3 is 9.53 Å². The lowest BCUT2D eigenvalue weighted by molar-refractivity contribution is -0.116. The lowest BCUT2D eigenvalue weighted by Gasteiger charge is -2.18. The Morgan fingerprint density at radius 2 is 2.08 bits per heavy atom. The number of Topliss-reactive ketones (excluding diaryl/α,β-unsaturated/α-hetero) is 1. The van der Waals surface area contributed by atoms with Crippen LogP contribution in [0.5, 0.6) is 11.6 Å². The summed E-state index contributed by atoms with van der Waals surface area (Å²) in [5.74, 6) is 2.36. The van der Waals surface area contributed by atoms with Gasteiger partial charge in [0, 0.05) is 11.3 Å². The summed E-state index contributed by atoms with van der Waals surface area (Å²) >= 11 is 1.78. The predicted octanol–water partition coefficient (Wildman–Crippen LogP) is 5.13. The van der Waals surface area contributed by atoms with E-state index in [2.05, 4.69) is 16.9 Å². The highest BCUT2D eigenvalue weighted by Crippen LogP contribution is 2.41. The summed E-state index contributed by atoms with van der Waals surface area (Å²) in [6.07, 6.45) is 6.34. The summed E-state index contributed by atoms with van der Waals surface area (Å²) in [5, 5.41) is 1.08. The summed E-state index contributed by atoms with van der Waals surface area (Å²) in [4.78, 5) is 22.5. The Balaban J connectivity index is 1.60. The van der Waals surface area contributed by atoms with Crippen LogP contribution in [0.25, 0.3) is 10.2 Å². The molecule has 2 heterocycles. The number of aryl methyl sites for hydroxylation is 2. The average molecular weight is 366 g/mol. The van der Waals surface area contributed by atoms with Crippen LogP contribution in [0.1, 0.15) is 42.7 Å². The minimum Gasteiger partial charge on any atom is -0.438 e. The van der Waals surface area contributed by atoms with Crippen LogP contribution in [0, 0.1) is 5.92 Å². The summed E-state index contributed by atoms with van der Waals surface area (Å²) < 4.78 is 6.11. The van der Waals surface area contributed by atoms with E-state index in [-0.39, 0.29) is 5.78 Å². The molecular formula is C21H22N2O2S. The number of fused-ring (bicyclic) bond motifs is 3. The van der Waals surface area contributed by atoms with Crippen molar-refractivity contribution in [3.63, 3.8) is 0 Å². The maximum absolute atomic E-state index is 11.1. The van der Waals surface area contributed by atoms with Gasteiger partial charge in [-0.15, -0.1) is 11.3 Å². The minimum absolute atomic E-state index is 0.213. The Morgan fingerprint density at radius 3 is 2.85 bits per heavy atom. The second-order valence-corrected chi connectivity index (χ2v) is 8.24. The van der Waals surface area contributed by atoms with Crippen molar-refractivity contribution in [1.82, 2.24) is 9.97 Å². The van der Waals surface area contributed by atoms with Crippen LogP contribution in [0.2, 0.25) is 0 Å². The van der Waals surface area contributed by atoms with E-state index < -0.39 is 0 Å². The normalized spacial score (nSPS) is 16.5. The fourth-order valence-electron chi connectivity index (χ4n) is 3.48.